The highest BCUT2D eigenvalue weighted by molar-refractivity contribution is 5.21. The van der Waals surface area contributed by atoms with Gasteiger partial charge in [0.25, 0.3) is 0 Å². The Bertz CT molecular complexity index is 168. The molecule has 0 aromatic carbocycles. The lowest BCUT2D eigenvalue weighted by molar-refractivity contribution is 0.269. The second kappa shape index (κ2) is 3.30. The summed E-state index contributed by atoms with van der Waals surface area (Å²) in [5, 5.41) is 0. The van der Waals surface area contributed by atoms with E-state index in [0.29, 0.717) is 0 Å². The van der Waals surface area contributed by atoms with Crippen molar-refractivity contribution in [3.63, 3.8) is 0 Å². The zero-order chi connectivity index (χ0) is 7.40. The fourth-order valence-corrected chi connectivity index (χ4v) is 0.765. The Hall–Kier alpha value is -0.920. The van der Waals surface area contributed by atoms with E-state index in [1.165, 1.54) is 0 Å². The van der Waals surface area contributed by atoms with Crippen LogP contribution in [0.5, 0.6) is 0 Å². The Kier molecular flexibility index (Phi) is 2.37. The minimum atomic E-state index is 0.749. The molecular formula is C8H10O2. The predicted molar refractivity (Wildman–Crippen MR) is 37.8 cm³/mol. The van der Waals surface area contributed by atoms with Crippen LogP contribution < -0.4 is 0 Å². The van der Waals surface area contributed by atoms with Gasteiger partial charge in [0, 0.05) is 6.42 Å². The Morgan fingerprint density at radius 1 is 1.40 bits per heavy atom. The number of methoxy groups -OCH3 is 2. The van der Waals surface area contributed by atoms with Crippen LogP contribution in [0.25, 0.3) is 0 Å². The normalized spacial score (nSPS) is 17.4. The summed E-state index contributed by atoms with van der Waals surface area (Å²) in [6.45, 7) is 0. The molecule has 0 heterocycles. The van der Waals surface area contributed by atoms with Gasteiger partial charge < -0.3 is 9.47 Å². The third-order valence-corrected chi connectivity index (χ3v) is 1.29. The molecule has 2 nitrogen and oxygen atoms in total. The van der Waals surface area contributed by atoms with Gasteiger partial charge in [0.05, 0.1) is 20.3 Å². The van der Waals surface area contributed by atoms with Gasteiger partial charge in [-0.15, -0.1) is 0 Å². The van der Waals surface area contributed by atoms with Crippen LogP contribution in [0.3, 0.4) is 0 Å². The third kappa shape index (κ3) is 1.53. The molecule has 0 bridgehead atoms. The van der Waals surface area contributed by atoms with Crippen molar-refractivity contribution in [2.75, 3.05) is 14.2 Å². The highest BCUT2D eigenvalue weighted by atomic mass is 16.5. The van der Waals surface area contributed by atoms with Gasteiger partial charge in [-0.1, -0.05) is 0 Å². The molecule has 1 aliphatic rings. The van der Waals surface area contributed by atoms with E-state index in [0.717, 1.165) is 17.9 Å². The van der Waals surface area contributed by atoms with E-state index in [9.17, 15) is 0 Å². The highest BCUT2D eigenvalue weighted by Crippen LogP contribution is 2.15. The quantitative estimate of drug-likeness (QED) is 0.575. The molecule has 1 aliphatic carbocycles. The van der Waals surface area contributed by atoms with Gasteiger partial charge >= 0.3 is 0 Å². The minimum Gasteiger partial charge on any atom is -0.500 e. The number of rotatable bonds is 2. The van der Waals surface area contributed by atoms with Crippen LogP contribution in [-0.4, -0.2) is 14.2 Å². The molecule has 0 aromatic rings. The molecule has 2 heteroatoms. The fraction of sp³-hybridized carbons (Fsp3) is 0.375. The summed E-state index contributed by atoms with van der Waals surface area (Å²) in [6.07, 6.45) is 7.68. The van der Waals surface area contributed by atoms with Crippen LogP contribution in [0, 0.1) is 12.5 Å². The van der Waals surface area contributed by atoms with E-state index >= 15 is 0 Å². The van der Waals surface area contributed by atoms with E-state index in [4.69, 9.17) is 9.47 Å². The molecule has 0 spiro atoms. The van der Waals surface area contributed by atoms with Gasteiger partial charge in [-0.05, 0) is 12.5 Å². The second-order valence-electron chi connectivity index (χ2n) is 1.91. The van der Waals surface area contributed by atoms with Crippen molar-refractivity contribution in [2.24, 2.45) is 0 Å². The summed E-state index contributed by atoms with van der Waals surface area (Å²) in [5.74, 6) is 1.50. The van der Waals surface area contributed by atoms with Crippen molar-refractivity contribution in [3.8, 4) is 0 Å². The topological polar surface area (TPSA) is 18.5 Å². The molecule has 0 unspecified atom stereocenters. The van der Waals surface area contributed by atoms with Crippen LogP contribution in [0.2, 0.25) is 0 Å². The Morgan fingerprint density at radius 2 is 2.20 bits per heavy atom. The van der Waals surface area contributed by atoms with E-state index in [1.54, 1.807) is 14.2 Å². The smallest absolute Gasteiger partial charge is 0.126 e. The van der Waals surface area contributed by atoms with Crippen molar-refractivity contribution in [1.82, 2.24) is 0 Å². The Labute approximate surface area is 61.1 Å². The molecular weight excluding hydrogens is 128 g/mol. The lowest BCUT2D eigenvalue weighted by Gasteiger charge is -2.09. The second-order valence-corrected chi connectivity index (χ2v) is 1.91. The van der Waals surface area contributed by atoms with Gasteiger partial charge in [-0.2, -0.15) is 0 Å². The maximum Gasteiger partial charge on any atom is 0.126 e. The molecule has 0 N–H and O–H groups in total. The Balaban J connectivity index is 2.61. The molecule has 10 heavy (non-hydrogen) atoms. The van der Waals surface area contributed by atoms with E-state index in [2.05, 4.69) is 6.08 Å². The largest absolute Gasteiger partial charge is 0.500 e. The van der Waals surface area contributed by atoms with E-state index in [1.807, 2.05) is 12.5 Å². The first-order valence-corrected chi connectivity index (χ1v) is 3.12. The molecule has 0 amide bonds. The van der Waals surface area contributed by atoms with Crippen LogP contribution in [0.15, 0.2) is 17.6 Å². The molecule has 0 fully saturated rings. The SMILES string of the molecule is COC1=[C]C(OC)=CC[CH]1. The predicted octanol–water partition coefficient (Wildman–Crippen LogP) is 1.46. The average Bonchev–Trinajstić information content (AvgIpc) is 2.05. The van der Waals surface area contributed by atoms with Crippen molar-refractivity contribution < 1.29 is 9.47 Å². The molecule has 1 rings (SSSR count). The molecule has 54 valence electrons. The van der Waals surface area contributed by atoms with Crippen LogP contribution in [0.1, 0.15) is 6.42 Å². The van der Waals surface area contributed by atoms with Gasteiger partial charge in [0.2, 0.25) is 0 Å². The zero-order valence-electron chi connectivity index (χ0n) is 6.18. The summed E-state index contributed by atoms with van der Waals surface area (Å²) in [4.78, 5) is 0. The van der Waals surface area contributed by atoms with Crippen molar-refractivity contribution in [1.29, 1.82) is 0 Å². The van der Waals surface area contributed by atoms with Crippen LogP contribution >= 0.6 is 0 Å². The molecule has 0 aliphatic heterocycles. The van der Waals surface area contributed by atoms with Gasteiger partial charge in [-0.25, -0.2) is 0 Å². The molecule has 0 aromatic heterocycles. The summed E-state index contributed by atoms with van der Waals surface area (Å²) in [5.41, 5.74) is 0. The molecule has 0 atom stereocenters. The summed E-state index contributed by atoms with van der Waals surface area (Å²) >= 11 is 0. The van der Waals surface area contributed by atoms with E-state index in [-0.39, 0.29) is 0 Å². The number of allylic oxidation sites excluding steroid dienone is 3. The van der Waals surface area contributed by atoms with Gasteiger partial charge in [-0.3, -0.25) is 0 Å². The highest BCUT2D eigenvalue weighted by Gasteiger charge is 2.05. The number of hydrogen-bond donors (Lipinski definition) is 0. The molecule has 0 saturated carbocycles. The van der Waals surface area contributed by atoms with Gasteiger partial charge in [0.1, 0.15) is 11.5 Å². The van der Waals surface area contributed by atoms with E-state index < -0.39 is 0 Å². The third-order valence-electron chi connectivity index (χ3n) is 1.29. The van der Waals surface area contributed by atoms with Crippen molar-refractivity contribution >= 4 is 0 Å². The maximum atomic E-state index is 4.95. The monoisotopic (exact) mass is 138 g/mol. The number of ether oxygens (including phenoxy) is 2. The fourth-order valence-electron chi connectivity index (χ4n) is 0.765. The lowest BCUT2D eigenvalue weighted by Crippen LogP contribution is -1.97. The first-order chi connectivity index (χ1) is 4.86. The molecule has 0 saturated heterocycles. The van der Waals surface area contributed by atoms with Crippen molar-refractivity contribution in [3.05, 3.63) is 30.1 Å². The van der Waals surface area contributed by atoms with Crippen LogP contribution in [0.4, 0.5) is 0 Å². The average molecular weight is 138 g/mol. The Morgan fingerprint density at radius 3 is 2.80 bits per heavy atom. The first kappa shape index (κ1) is 7.19. The zero-order valence-corrected chi connectivity index (χ0v) is 6.18. The van der Waals surface area contributed by atoms with Crippen molar-refractivity contribution in [2.45, 2.75) is 6.42 Å². The van der Waals surface area contributed by atoms with Crippen LogP contribution in [-0.2, 0) is 9.47 Å². The summed E-state index contributed by atoms with van der Waals surface area (Å²) in [6, 6.07) is 0. The maximum absolute atomic E-state index is 4.95. The summed E-state index contributed by atoms with van der Waals surface area (Å²) < 4.78 is 9.90. The first-order valence-electron chi connectivity index (χ1n) is 3.12. The molecule has 2 radical (unpaired) electrons. The lowest BCUT2D eigenvalue weighted by atomic mass is 10.1. The number of hydrogen-bond acceptors (Lipinski definition) is 2. The minimum absolute atomic E-state index is 0.749. The standard InChI is InChI=1S/C8H10O2/c1-9-7-4-3-5-8(6-7)10-2/h4-5H,3H2,1-2H3. The summed E-state index contributed by atoms with van der Waals surface area (Å²) in [7, 11) is 3.24. The van der Waals surface area contributed by atoms with Gasteiger partial charge in [0.15, 0.2) is 0 Å².